The van der Waals surface area contributed by atoms with Crippen molar-refractivity contribution in [3.05, 3.63) is 35.9 Å². The normalized spacial score (nSPS) is 25.7. The number of hydrogen-bond acceptors (Lipinski definition) is 4. The van der Waals surface area contributed by atoms with Crippen LogP contribution in [0.15, 0.2) is 30.3 Å². The molecule has 0 saturated carbocycles. The van der Waals surface area contributed by atoms with E-state index >= 15 is 0 Å². The molecule has 1 aromatic carbocycles. The van der Waals surface area contributed by atoms with Gasteiger partial charge in [0.15, 0.2) is 0 Å². The van der Waals surface area contributed by atoms with E-state index in [0.29, 0.717) is 31.7 Å². The van der Waals surface area contributed by atoms with Gasteiger partial charge in [-0.1, -0.05) is 18.2 Å². The van der Waals surface area contributed by atoms with E-state index in [1.54, 1.807) is 24.0 Å². The van der Waals surface area contributed by atoms with E-state index in [1.807, 2.05) is 23.1 Å². The van der Waals surface area contributed by atoms with Gasteiger partial charge in [0, 0.05) is 51.8 Å². The molecule has 0 aliphatic carbocycles. The largest absolute Gasteiger partial charge is 0.390 e. The molecule has 6 nitrogen and oxygen atoms in total. The molecule has 0 aromatic heterocycles. The van der Waals surface area contributed by atoms with Gasteiger partial charge >= 0.3 is 0 Å². The fourth-order valence-electron chi connectivity index (χ4n) is 3.43. The standard InChI is InChI=1S/C17H23N3O3/c1-13(21)18-7-9-19(10-8-18)15-11-20(12-16(15)22)17(23)14-5-3-2-4-6-14/h2-6,15-16,22H,7-12H2,1H3/t15-,16-/m1/s1. The van der Waals surface area contributed by atoms with Crippen LogP contribution < -0.4 is 0 Å². The van der Waals surface area contributed by atoms with E-state index < -0.39 is 6.10 Å². The van der Waals surface area contributed by atoms with Gasteiger partial charge < -0.3 is 14.9 Å². The maximum absolute atomic E-state index is 12.5. The minimum atomic E-state index is -0.536. The monoisotopic (exact) mass is 317 g/mol. The van der Waals surface area contributed by atoms with Crippen LogP contribution >= 0.6 is 0 Å². The Morgan fingerprint density at radius 2 is 1.65 bits per heavy atom. The average Bonchev–Trinajstić information content (AvgIpc) is 2.97. The summed E-state index contributed by atoms with van der Waals surface area (Å²) in [5.74, 6) is 0.0621. The first kappa shape index (κ1) is 16.0. The lowest BCUT2D eigenvalue weighted by Gasteiger charge is -2.38. The third kappa shape index (κ3) is 3.38. The zero-order valence-electron chi connectivity index (χ0n) is 13.4. The molecule has 0 unspecified atom stereocenters. The number of amides is 2. The van der Waals surface area contributed by atoms with Crippen LogP contribution in [-0.4, -0.2) is 83.0 Å². The second-order valence-electron chi connectivity index (χ2n) is 6.25. The summed E-state index contributed by atoms with van der Waals surface area (Å²) in [6, 6.07) is 9.13. The Morgan fingerprint density at radius 1 is 1.00 bits per heavy atom. The predicted octanol–water partition coefficient (Wildman–Crippen LogP) is 0.0360. The van der Waals surface area contributed by atoms with E-state index in [0.717, 1.165) is 13.1 Å². The number of likely N-dealkylation sites (tertiary alicyclic amines) is 1. The zero-order valence-corrected chi connectivity index (χ0v) is 13.4. The Labute approximate surface area is 136 Å². The van der Waals surface area contributed by atoms with Crippen molar-refractivity contribution in [1.82, 2.24) is 14.7 Å². The van der Waals surface area contributed by atoms with Crippen molar-refractivity contribution in [2.24, 2.45) is 0 Å². The highest BCUT2D eigenvalue weighted by atomic mass is 16.3. The number of benzene rings is 1. The molecular formula is C17H23N3O3. The third-order valence-corrected chi connectivity index (χ3v) is 4.80. The number of aliphatic hydroxyl groups is 1. The van der Waals surface area contributed by atoms with Gasteiger partial charge in [0.1, 0.15) is 0 Å². The second-order valence-corrected chi connectivity index (χ2v) is 6.25. The molecule has 124 valence electrons. The highest BCUT2D eigenvalue weighted by Gasteiger charge is 2.38. The molecule has 0 radical (unpaired) electrons. The lowest BCUT2D eigenvalue weighted by Crippen LogP contribution is -2.54. The van der Waals surface area contributed by atoms with E-state index in [2.05, 4.69) is 4.90 Å². The van der Waals surface area contributed by atoms with Crippen LogP contribution in [0.3, 0.4) is 0 Å². The molecule has 2 aliphatic rings. The number of carbonyl (C=O) groups excluding carboxylic acids is 2. The van der Waals surface area contributed by atoms with Crippen molar-refractivity contribution in [3.8, 4) is 0 Å². The fraction of sp³-hybridized carbons (Fsp3) is 0.529. The molecule has 23 heavy (non-hydrogen) atoms. The van der Waals surface area contributed by atoms with Crippen LogP contribution in [0, 0.1) is 0 Å². The first-order chi connectivity index (χ1) is 11.1. The van der Waals surface area contributed by atoms with Crippen molar-refractivity contribution in [1.29, 1.82) is 0 Å². The number of hydrogen-bond donors (Lipinski definition) is 1. The van der Waals surface area contributed by atoms with Gasteiger partial charge in [0.2, 0.25) is 5.91 Å². The molecule has 2 amide bonds. The van der Waals surface area contributed by atoms with Crippen molar-refractivity contribution < 1.29 is 14.7 Å². The van der Waals surface area contributed by atoms with Crippen molar-refractivity contribution in [2.45, 2.75) is 19.1 Å². The molecular weight excluding hydrogens is 294 g/mol. The van der Waals surface area contributed by atoms with Crippen LogP contribution in [0.1, 0.15) is 17.3 Å². The summed E-state index contributed by atoms with van der Waals surface area (Å²) >= 11 is 0. The van der Waals surface area contributed by atoms with E-state index in [4.69, 9.17) is 0 Å². The molecule has 2 atom stereocenters. The fourth-order valence-corrected chi connectivity index (χ4v) is 3.43. The topological polar surface area (TPSA) is 64.1 Å². The molecule has 0 bridgehead atoms. The van der Waals surface area contributed by atoms with Crippen LogP contribution in [0.25, 0.3) is 0 Å². The third-order valence-electron chi connectivity index (χ3n) is 4.80. The highest BCUT2D eigenvalue weighted by molar-refractivity contribution is 5.94. The molecule has 6 heteroatoms. The summed E-state index contributed by atoms with van der Waals surface area (Å²) in [4.78, 5) is 29.6. The number of aliphatic hydroxyl groups excluding tert-OH is 1. The van der Waals surface area contributed by atoms with Gasteiger partial charge in [-0.25, -0.2) is 0 Å². The lowest BCUT2D eigenvalue weighted by atomic mass is 10.1. The van der Waals surface area contributed by atoms with Gasteiger partial charge in [0.25, 0.3) is 5.91 Å². The maximum atomic E-state index is 12.5. The molecule has 1 N–H and O–H groups in total. The number of rotatable bonds is 2. The van der Waals surface area contributed by atoms with E-state index in [-0.39, 0.29) is 17.9 Å². The number of piperazine rings is 1. The highest BCUT2D eigenvalue weighted by Crippen LogP contribution is 2.20. The molecule has 2 fully saturated rings. The Kier molecular flexibility index (Phi) is 4.63. The summed E-state index contributed by atoms with van der Waals surface area (Å²) in [6.45, 7) is 5.35. The molecule has 3 rings (SSSR count). The molecule has 2 aliphatic heterocycles. The summed E-state index contributed by atoms with van der Waals surface area (Å²) in [6.07, 6.45) is -0.536. The molecule has 0 spiro atoms. The van der Waals surface area contributed by atoms with E-state index in [9.17, 15) is 14.7 Å². The Bertz CT molecular complexity index is 570. The zero-order chi connectivity index (χ0) is 16.4. The molecule has 1 aromatic rings. The summed E-state index contributed by atoms with van der Waals surface area (Å²) in [5, 5.41) is 10.4. The van der Waals surface area contributed by atoms with Crippen LogP contribution in [0.2, 0.25) is 0 Å². The van der Waals surface area contributed by atoms with Gasteiger partial charge in [-0.05, 0) is 12.1 Å². The average molecular weight is 317 g/mol. The summed E-state index contributed by atoms with van der Waals surface area (Å²) in [5.41, 5.74) is 0.654. The molecule has 2 saturated heterocycles. The van der Waals surface area contributed by atoms with Crippen molar-refractivity contribution in [3.63, 3.8) is 0 Å². The predicted molar refractivity (Wildman–Crippen MR) is 86.0 cm³/mol. The van der Waals surface area contributed by atoms with E-state index in [1.165, 1.54) is 0 Å². The van der Waals surface area contributed by atoms with Gasteiger partial charge in [-0.3, -0.25) is 14.5 Å². The minimum Gasteiger partial charge on any atom is -0.390 e. The molecule has 2 heterocycles. The quantitative estimate of drug-likeness (QED) is 0.836. The second kappa shape index (κ2) is 6.68. The van der Waals surface area contributed by atoms with Crippen molar-refractivity contribution >= 4 is 11.8 Å². The Balaban J connectivity index is 1.61. The van der Waals surface area contributed by atoms with Gasteiger partial charge in [-0.15, -0.1) is 0 Å². The van der Waals surface area contributed by atoms with Crippen molar-refractivity contribution in [2.75, 3.05) is 39.3 Å². The summed E-state index contributed by atoms with van der Waals surface area (Å²) in [7, 11) is 0. The van der Waals surface area contributed by atoms with Crippen LogP contribution in [0.4, 0.5) is 0 Å². The summed E-state index contributed by atoms with van der Waals surface area (Å²) < 4.78 is 0. The smallest absolute Gasteiger partial charge is 0.253 e. The minimum absolute atomic E-state index is 0.0329. The lowest BCUT2D eigenvalue weighted by molar-refractivity contribution is -0.131. The van der Waals surface area contributed by atoms with Crippen LogP contribution in [-0.2, 0) is 4.79 Å². The first-order valence-corrected chi connectivity index (χ1v) is 8.08. The SMILES string of the molecule is CC(=O)N1CCN([C@@H]2CN(C(=O)c3ccccc3)C[C@H]2O)CC1. The maximum Gasteiger partial charge on any atom is 0.253 e. The van der Waals surface area contributed by atoms with Gasteiger partial charge in [-0.2, -0.15) is 0 Å². The first-order valence-electron chi connectivity index (χ1n) is 8.08. The Hall–Kier alpha value is -1.92. The van der Waals surface area contributed by atoms with Crippen LogP contribution in [0.5, 0.6) is 0 Å². The number of β-amino-alcohol motifs (C(OH)–C–C–N with tert-alkyl or cyclic N) is 1. The number of nitrogens with zero attached hydrogens (tertiary/aromatic N) is 3. The Morgan fingerprint density at radius 3 is 2.26 bits per heavy atom. The number of carbonyl (C=O) groups is 2. The van der Waals surface area contributed by atoms with Gasteiger partial charge in [0.05, 0.1) is 12.1 Å².